The molecule has 2 aromatic carbocycles. The molecule has 0 aromatic heterocycles. The molecule has 0 unspecified atom stereocenters. The number of benzene rings is 2. The molecule has 1 aliphatic rings. The maximum Gasteiger partial charge on any atom is 1.00 e. The topological polar surface area (TPSA) is 177 Å². The van der Waals surface area contributed by atoms with Gasteiger partial charge < -0.3 is 45.3 Å². The number of nitrogens with one attached hydrogen (secondary N) is 2. The number of halogens is 2. The number of carbonyl (C=O) groups excluding carboxylic acids is 3. The molecule has 2 aromatic rings. The summed E-state index contributed by atoms with van der Waals surface area (Å²) in [6.07, 6.45) is -7.67. The van der Waals surface area contributed by atoms with Crippen LogP contribution in [0.4, 0.5) is 4.39 Å². The molecule has 2 amide bonds. The van der Waals surface area contributed by atoms with E-state index >= 15 is 0 Å². The van der Waals surface area contributed by atoms with Gasteiger partial charge in [-0.25, -0.2) is 4.39 Å². The number of rotatable bonds is 10. The quantitative estimate of drug-likeness (QED) is 0.178. The van der Waals surface area contributed by atoms with Crippen molar-refractivity contribution in [2.45, 2.75) is 56.2 Å². The Bertz CT molecular complexity index is 1140. The maximum atomic E-state index is 13.2. The Labute approximate surface area is 250 Å². The van der Waals surface area contributed by atoms with E-state index < -0.39 is 79.4 Å². The second-order valence-corrected chi connectivity index (χ2v) is 9.25. The first-order valence-corrected chi connectivity index (χ1v) is 11.9. The number of hydrogen-bond donors (Lipinski definition) is 5. The molecule has 3 rings (SSSR count). The standard InChI is InChI=1S/C25H28ClFN2O9.Na/c1-13(30)29-20-18(31)10-25(24(35)36,37-12-14-2-8-17(27)9-3-14)38-22(20)21(33)19(32)11-28-23(34)15-4-6-16(26)7-5-15;/h2-9,18-22,31-33H,10-12H2,1H3,(H,28,34)(H,29,30)(H,35,36);/q;+1/p-1/t18-,19+,20+,21-,22+,25+;/m0./s1. The van der Waals surface area contributed by atoms with Crippen molar-refractivity contribution >= 4 is 29.4 Å². The van der Waals surface area contributed by atoms with E-state index in [0.29, 0.717) is 10.6 Å². The number of aliphatic hydroxyl groups is 3. The Balaban J connectivity index is 0.00000533. The number of aliphatic carboxylic acids is 1. The third-order valence-electron chi connectivity index (χ3n) is 5.95. The molecular weight excluding hydrogens is 550 g/mol. The molecule has 1 saturated heterocycles. The van der Waals surface area contributed by atoms with E-state index in [1.165, 1.54) is 36.4 Å². The first kappa shape index (κ1) is 33.1. The van der Waals surface area contributed by atoms with Gasteiger partial charge in [-0.05, 0) is 42.0 Å². The number of aliphatic hydroxyl groups excluding tert-OH is 3. The molecule has 11 nitrogen and oxygen atoms in total. The minimum Gasteiger partial charge on any atom is -0.544 e. The van der Waals surface area contributed by atoms with Gasteiger partial charge in [-0.2, -0.15) is 0 Å². The van der Waals surface area contributed by atoms with Crippen LogP contribution in [-0.4, -0.2) is 75.9 Å². The molecule has 0 spiro atoms. The van der Waals surface area contributed by atoms with E-state index in [2.05, 4.69) is 10.6 Å². The van der Waals surface area contributed by atoms with E-state index in [4.69, 9.17) is 21.1 Å². The van der Waals surface area contributed by atoms with Crippen molar-refractivity contribution in [3.05, 3.63) is 70.5 Å². The van der Waals surface area contributed by atoms with Gasteiger partial charge in [0.05, 0.1) is 24.9 Å². The number of ether oxygens (including phenoxy) is 2. The monoisotopic (exact) mass is 576 g/mol. The summed E-state index contributed by atoms with van der Waals surface area (Å²) in [5.74, 6) is -6.23. The summed E-state index contributed by atoms with van der Waals surface area (Å²) in [4.78, 5) is 36.2. The van der Waals surface area contributed by atoms with Crippen LogP contribution in [0.25, 0.3) is 0 Å². The van der Waals surface area contributed by atoms with Crippen molar-refractivity contribution in [3.8, 4) is 0 Å². The predicted molar refractivity (Wildman–Crippen MR) is 128 cm³/mol. The summed E-state index contributed by atoms with van der Waals surface area (Å²) in [6, 6.07) is 9.47. The third kappa shape index (κ3) is 8.68. The van der Waals surface area contributed by atoms with Crippen molar-refractivity contribution in [1.82, 2.24) is 10.6 Å². The van der Waals surface area contributed by atoms with Crippen LogP contribution in [0.15, 0.2) is 48.5 Å². The summed E-state index contributed by atoms with van der Waals surface area (Å²) in [5.41, 5.74) is 0.595. The molecule has 6 atom stereocenters. The number of amides is 2. The first-order chi connectivity index (χ1) is 17.9. The van der Waals surface area contributed by atoms with Gasteiger partial charge in [0.1, 0.15) is 24.0 Å². The van der Waals surface area contributed by atoms with Crippen molar-refractivity contribution in [2.24, 2.45) is 0 Å². The smallest absolute Gasteiger partial charge is 0.544 e. The van der Waals surface area contributed by atoms with Gasteiger partial charge in [0.2, 0.25) is 11.7 Å². The van der Waals surface area contributed by atoms with Crippen LogP contribution in [0.2, 0.25) is 5.02 Å². The summed E-state index contributed by atoms with van der Waals surface area (Å²) in [5, 5.41) is 49.5. The van der Waals surface area contributed by atoms with Crippen LogP contribution in [0.3, 0.4) is 0 Å². The van der Waals surface area contributed by atoms with Crippen LogP contribution in [0, 0.1) is 5.82 Å². The third-order valence-corrected chi connectivity index (χ3v) is 6.20. The molecule has 206 valence electrons. The van der Waals surface area contributed by atoms with Crippen LogP contribution in [-0.2, 0) is 25.7 Å². The molecule has 0 radical (unpaired) electrons. The Kier molecular flexibility index (Phi) is 12.3. The molecule has 0 bridgehead atoms. The summed E-state index contributed by atoms with van der Waals surface area (Å²) >= 11 is 5.80. The Hall–Kier alpha value is -2.13. The van der Waals surface area contributed by atoms with Crippen LogP contribution >= 0.6 is 11.6 Å². The average molecular weight is 577 g/mol. The molecule has 5 N–H and O–H groups in total. The van der Waals surface area contributed by atoms with Crippen molar-refractivity contribution in [2.75, 3.05) is 6.54 Å². The Morgan fingerprint density at radius 2 is 1.79 bits per heavy atom. The fraction of sp³-hybridized carbons (Fsp3) is 0.400. The minimum absolute atomic E-state index is 0. The second-order valence-electron chi connectivity index (χ2n) is 8.81. The zero-order valence-electron chi connectivity index (χ0n) is 21.2. The van der Waals surface area contributed by atoms with E-state index in [0.717, 1.165) is 19.1 Å². The van der Waals surface area contributed by atoms with Gasteiger partial charge in [0.15, 0.2) is 0 Å². The summed E-state index contributed by atoms with van der Waals surface area (Å²) in [6.45, 7) is 0.235. The van der Waals surface area contributed by atoms with Gasteiger partial charge in [-0.15, -0.1) is 0 Å². The largest absolute Gasteiger partial charge is 1.00 e. The molecule has 1 heterocycles. The number of carboxylic acid groups (broad SMARTS) is 1. The number of carboxylic acids is 1. The fourth-order valence-electron chi connectivity index (χ4n) is 3.96. The number of carbonyl (C=O) groups is 3. The number of hydrogen-bond acceptors (Lipinski definition) is 9. The van der Waals surface area contributed by atoms with Crippen LogP contribution < -0.4 is 45.3 Å². The summed E-state index contributed by atoms with van der Waals surface area (Å²) < 4.78 is 24.2. The molecule has 39 heavy (non-hydrogen) atoms. The minimum atomic E-state index is -2.60. The summed E-state index contributed by atoms with van der Waals surface area (Å²) in [7, 11) is 0. The van der Waals surface area contributed by atoms with Crippen LogP contribution in [0.1, 0.15) is 29.3 Å². The molecule has 14 heteroatoms. The maximum absolute atomic E-state index is 13.2. The molecule has 1 fully saturated rings. The molecule has 0 aliphatic carbocycles. The van der Waals surface area contributed by atoms with E-state index in [1.807, 2.05) is 0 Å². The Morgan fingerprint density at radius 1 is 1.18 bits per heavy atom. The van der Waals surface area contributed by atoms with Crippen LogP contribution in [0.5, 0.6) is 0 Å². The normalized spacial score (nSPS) is 24.1. The van der Waals surface area contributed by atoms with Crippen molar-refractivity contribution in [1.29, 1.82) is 0 Å². The molecule has 1 aliphatic heterocycles. The van der Waals surface area contributed by atoms with Gasteiger partial charge in [0, 0.05) is 30.5 Å². The van der Waals surface area contributed by atoms with Crippen molar-refractivity contribution in [3.63, 3.8) is 0 Å². The van der Waals surface area contributed by atoms with E-state index in [9.17, 15) is 39.2 Å². The van der Waals surface area contributed by atoms with Crippen molar-refractivity contribution < 1.29 is 78.2 Å². The first-order valence-electron chi connectivity index (χ1n) is 11.5. The second kappa shape index (κ2) is 14.5. The van der Waals surface area contributed by atoms with E-state index in [-0.39, 0.29) is 35.1 Å². The zero-order chi connectivity index (χ0) is 28.0. The van der Waals surface area contributed by atoms with E-state index in [1.54, 1.807) is 0 Å². The Morgan fingerprint density at radius 3 is 2.36 bits per heavy atom. The molecular formula is C25H27ClFN2NaO9. The zero-order valence-corrected chi connectivity index (χ0v) is 23.9. The van der Waals surface area contributed by atoms with Gasteiger partial charge in [-0.1, -0.05) is 23.7 Å². The predicted octanol–water partition coefficient (Wildman–Crippen LogP) is -3.75. The van der Waals surface area contributed by atoms with Gasteiger partial charge >= 0.3 is 29.6 Å². The fourth-order valence-corrected chi connectivity index (χ4v) is 4.09. The van der Waals surface area contributed by atoms with Gasteiger partial charge in [-0.3, -0.25) is 9.59 Å². The average Bonchev–Trinajstić information content (AvgIpc) is 2.87. The molecule has 0 saturated carbocycles. The van der Waals surface area contributed by atoms with Gasteiger partial charge in [0.25, 0.3) is 5.91 Å². The SMILES string of the molecule is CC(=O)N[C@H]1[C@H]([C@@H](O)[C@H](O)CNC(=O)c2ccc(Cl)cc2)O[C@@](OCc2ccc(F)cc2)(C(=O)[O-])C[C@@H]1O.[Na+].